The van der Waals surface area contributed by atoms with Gasteiger partial charge in [-0.3, -0.25) is 14.5 Å². The highest BCUT2D eigenvalue weighted by Crippen LogP contribution is 2.21. The predicted molar refractivity (Wildman–Crippen MR) is 78.3 cm³/mol. The minimum Gasteiger partial charge on any atom is -0.459 e. The molecule has 0 aliphatic carbocycles. The Labute approximate surface area is 122 Å². The molecular formula is C15H28N2O3. The Morgan fingerprint density at radius 3 is 2.55 bits per heavy atom. The summed E-state index contributed by atoms with van der Waals surface area (Å²) >= 11 is 0. The third-order valence-electron chi connectivity index (χ3n) is 3.12. The molecule has 1 amide bonds. The monoisotopic (exact) mass is 284 g/mol. The molecule has 1 heterocycles. The van der Waals surface area contributed by atoms with Crippen LogP contribution in [0.15, 0.2) is 0 Å². The Balaban J connectivity index is 2.45. The summed E-state index contributed by atoms with van der Waals surface area (Å²) in [4.78, 5) is 25.9. The average molecular weight is 284 g/mol. The Hall–Kier alpha value is -1.10. The average Bonchev–Trinajstić information content (AvgIpc) is 2.71. The van der Waals surface area contributed by atoms with Crippen LogP contribution in [0, 0.1) is 0 Å². The first-order chi connectivity index (χ1) is 9.19. The molecule has 0 unspecified atom stereocenters. The van der Waals surface area contributed by atoms with Crippen molar-refractivity contribution in [2.24, 2.45) is 0 Å². The lowest BCUT2D eigenvalue weighted by atomic mass is 10.1. The Morgan fingerprint density at radius 1 is 1.35 bits per heavy atom. The topological polar surface area (TPSA) is 58.6 Å². The van der Waals surface area contributed by atoms with Crippen molar-refractivity contribution >= 4 is 11.9 Å². The first-order valence-corrected chi connectivity index (χ1v) is 7.45. The molecule has 1 N–H and O–H groups in total. The summed E-state index contributed by atoms with van der Waals surface area (Å²) in [5.41, 5.74) is -0.458. The van der Waals surface area contributed by atoms with Crippen LogP contribution < -0.4 is 5.32 Å². The first kappa shape index (κ1) is 17.0. The van der Waals surface area contributed by atoms with Gasteiger partial charge in [-0.05, 0) is 54.0 Å². The number of carbonyl (C=O) groups excluding carboxylic acids is 2. The van der Waals surface area contributed by atoms with E-state index >= 15 is 0 Å². The Morgan fingerprint density at radius 2 is 2.00 bits per heavy atom. The molecule has 0 aromatic heterocycles. The lowest BCUT2D eigenvalue weighted by Gasteiger charge is -2.27. The number of hydrogen-bond donors (Lipinski definition) is 1. The number of amides is 1. The number of nitrogens with one attached hydrogen (secondary N) is 1. The van der Waals surface area contributed by atoms with Gasteiger partial charge in [0.25, 0.3) is 0 Å². The highest BCUT2D eigenvalue weighted by molar-refractivity contribution is 5.78. The van der Waals surface area contributed by atoms with Gasteiger partial charge >= 0.3 is 5.97 Å². The van der Waals surface area contributed by atoms with Crippen molar-refractivity contribution in [3.8, 4) is 0 Å². The van der Waals surface area contributed by atoms with Crippen LogP contribution in [0.25, 0.3) is 0 Å². The number of esters is 1. The van der Waals surface area contributed by atoms with Gasteiger partial charge in [0, 0.05) is 19.0 Å². The van der Waals surface area contributed by atoms with Crippen molar-refractivity contribution < 1.29 is 14.3 Å². The molecule has 0 spiro atoms. The highest BCUT2D eigenvalue weighted by Gasteiger charge is 2.33. The molecule has 0 bridgehead atoms. The van der Waals surface area contributed by atoms with Crippen LogP contribution in [-0.2, 0) is 14.3 Å². The normalized spacial score (nSPS) is 20.2. The third-order valence-corrected chi connectivity index (χ3v) is 3.12. The van der Waals surface area contributed by atoms with E-state index in [-0.39, 0.29) is 24.0 Å². The third kappa shape index (κ3) is 5.90. The zero-order chi connectivity index (χ0) is 15.3. The molecule has 1 fully saturated rings. The van der Waals surface area contributed by atoms with Gasteiger partial charge in [-0.25, -0.2) is 0 Å². The number of ether oxygens (including phenoxy) is 1. The molecule has 0 radical (unpaired) electrons. The van der Waals surface area contributed by atoms with Crippen molar-refractivity contribution in [3.63, 3.8) is 0 Å². The summed E-state index contributed by atoms with van der Waals surface area (Å²) in [6.45, 7) is 11.0. The lowest BCUT2D eigenvalue weighted by Crippen LogP contribution is -2.42. The molecule has 0 saturated carbocycles. The van der Waals surface area contributed by atoms with Crippen LogP contribution in [0.3, 0.4) is 0 Å². The van der Waals surface area contributed by atoms with Gasteiger partial charge in [-0.1, -0.05) is 0 Å². The van der Waals surface area contributed by atoms with E-state index in [9.17, 15) is 9.59 Å². The second-order valence-electron chi connectivity index (χ2n) is 6.70. The summed E-state index contributed by atoms with van der Waals surface area (Å²) in [7, 11) is 0. The van der Waals surface area contributed by atoms with Gasteiger partial charge in [-0.2, -0.15) is 0 Å². The molecule has 116 valence electrons. The fraction of sp³-hybridized carbons (Fsp3) is 0.867. The van der Waals surface area contributed by atoms with E-state index in [1.807, 2.05) is 34.6 Å². The lowest BCUT2D eigenvalue weighted by molar-refractivity contribution is -0.160. The Kier molecular flexibility index (Phi) is 5.99. The molecule has 1 saturated heterocycles. The minimum absolute atomic E-state index is 0.0369. The molecule has 1 atom stereocenters. The van der Waals surface area contributed by atoms with Gasteiger partial charge in [0.15, 0.2) is 0 Å². The zero-order valence-corrected chi connectivity index (χ0v) is 13.4. The van der Waals surface area contributed by atoms with Crippen molar-refractivity contribution in [1.29, 1.82) is 0 Å². The molecule has 5 heteroatoms. The van der Waals surface area contributed by atoms with Crippen LogP contribution in [0.2, 0.25) is 0 Å². The fourth-order valence-electron chi connectivity index (χ4n) is 2.37. The summed E-state index contributed by atoms with van der Waals surface area (Å²) < 4.78 is 5.44. The van der Waals surface area contributed by atoms with E-state index in [0.29, 0.717) is 13.0 Å². The second kappa shape index (κ2) is 7.07. The van der Waals surface area contributed by atoms with Crippen molar-refractivity contribution in [1.82, 2.24) is 10.2 Å². The smallest absolute Gasteiger partial charge is 0.323 e. The summed E-state index contributed by atoms with van der Waals surface area (Å²) in [6, 6.07) is -0.0381. The van der Waals surface area contributed by atoms with Gasteiger partial charge in [0.05, 0.1) is 0 Å². The SMILES string of the molecule is CC(C)NC(=O)CCN1CCC[C@@H]1C(=O)OC(C)(C)C. The minimum atomic E-state index is -0.458. The molecule has 0 aromatic carbocycles. The van der Waals surface area contributed by atoms with Crippen LogP contribution >= 0.6 is 0 Å². The van der Waals surface area contributed by atoms with E-state index < -0.39 is 5.60 Å². The van der Waals surface area contributed by atoms with E-state index in [2.05, 4.69) is 10.2 Å². The van der Waals surface area contributed by atoms with Crippen LogP contribution in [0.4, 0.5) is 0 Å². The van der Waals surface area contributed by atoms with E-state index in [0.717, 1.165) is 19.4 Å². The standard InChI is InChI=1S/C15H28N2O3/c1-11(2)16-13(18)8-10-17-9-6-7-12(17)14(19)20-15(3,4)5/h11-12H,6-10H2,1-5H3,(H,16,18)/t12-/m1/s1. The molecular weight excluding hydrogens is 256 g/mol. The molecule has 1 aliphatic heterocycles. The first-order valence-electron chi connectivity index (χ1n) is 7.45. The number of likely N-dealkylation sites (tertiary alicyclic amines) is 1. The summed E-state index contributed by atoms with van der Waals surface area (Å²) in [6.07, 6.45) is 2.23. The highest BCUT2D eigenvalue weighted by atomic mass is 16.6. The quantitative estimate of drug-likeness (QED) is 0.781. The molecule has 20 heavy (non-hydrogen) atoms. The van der Waals surface area contributed by atoms with E-state index in [1.54, 1.807) is 0 Å². The molecule has 1 aliphatic rings. The maximum Gasteiger partial charge on any atom is 0.323 e. The van der Waals surface area contributed by atoms with Gasteiger partial charge in [0.1, 0.15) is 11.6 Å². The second-order valence-corrected chi connectivity index (χ2v) is 6.70. The number of carbonyl (C=O) groups is 2. The largest absolute Gasteiger partial charge is 0.459 e. The molecule has 0 aromatic rings. The summed E-state index contributed by atoms with van der Waals surface area (Å²) in [5, 5.41) is 2.87. The fourth-order valence-corrected chi connectivity index (χ4v) is 2.37. The van der Waals surface area contributed by atoms with Crippen molar-refractivity contribution in [3.05, 3.63) is 0 Å². The molecule has 1 rings (SSSR count). The maximum absolute atomic E-state index is 12.1. The van der Waals surface area contributed by atoms with Crippen molar-refractivity contribution in [2.75, 3.05) is 13.1 Å². The van der Waals surface area contributed by atoms with E-state index in [4.69, 9.17) is 4.74 Å². The number of hydrogen-bond acceptors (Lipinski definition) is 4. The number of rotatable bonds is 5. The van der Waals surface area contributed by atoms with E-state index in [1.165, 1.54) is 0 Å². The van der Waals surface area contributed by atoms with Crippen LogP contribution in [-0.4, -0.2) is 47.6 Å². The van der Waals surface area contributed by atoms with Crippen LogP contribution in [0.1, 0.15) is 53.9 Å². The van der Waals surface area contributed by atoms with Gasteiger partial charge < -0.3 is 10.1 Å². The van der Waals surface area contributed by atoms with Crippen molar-refractivity contribution in [2.45, 2.75) is 71.6 Å². The Bertz CT molecular complexity index is 348. The van der Waals surface area contributed by atoms with Gasteiger partial charge in [-0.15, -0.1) is 0 Å². The predicted octanol–water partition coefficient (Wildman–Crippen LogP) is 1.71. The van der Waals surface area contributed by atoms with Gasteiger partial charge in [0.2, 0.25) is 5.91 Å². The van der Waals surface area contributed by atoms with Crippen LogP contribution in [0.5, 0.6) is 0 Å². The molecule has 5 nitrogen and oxygen atoms in total. The summed E-state index contributed by atoms with van der Waals surface area (Å²) in [5.74, 6) is -0.130. The maximum atomic E-state index is 12.1. The number of nitrogens with zero attached hydrogens (tertiary/aromatic N) is 1. The zero-order valence-electron chi connectivity index (χ0n) is 13.4.